The van der Waals surface area contributed by atoms with Crippen molar-refractivity contribution in [3.63, 3.8) is 0 Å². The second kappa shape index (κ2) is 13.9. The van der Waals surface area contributed by atoms with E-state index >= 15 is 0 Å². The number of morpholine rings is 1. The van der Waals surface area contributed by atoms with Crippen molar-refractivity contribution in [3.8, 4) is 0 Å². The first-order valence-corrected chi connectivity index (χ1v) is 10.3. The van der Waals surface area contributed by atoms with Gasteiger partial charge in [-0.05, 0) is 23.3 Å². The van der Waals surface area contributed by atoms with E-state index in [9.17, 15) is 4.79 Å². The summed E-state index contributed by atoms with van der Waals surface area (Å²) < 4.78 is 5.44. The molecule has 3 N–H and O–H groups in total. The molecule has 1 aliphatic rings. The predicted octanol–water partition coefficient (Wildman–Crippen LogP) is 1.63. The molecule has 1 aliphatic heterocycles. The third-order valence-corrected chi connectivity index (χ3v) is 4.91. The number of rotatable bonds is 8. The fraction of sp³-hybridized carbons (Fsp3) is 0.409. The Morgan fingerprint density at radius 2 is 1.81 bits per heavy atom. The number of carbonyl (C=O) groups is 1. The van der Waals surface area contributed by atoms with Crippen LogP contribution in [0.1, 0.15) is 21.5 Å². The summed E-state index contributed by atoms with van der Waals surface area (Å²) in [7, 11) is 1.74. The zero-order valence-electron chi connectivity index (χ0n) is 17.8. The number of nitrogens with one attached hydrogen (secondary N) is 3. The van der Waals surface area contributed by atoms with Crippen molar-refractivity contribution in [2.45, 2.75) is 13.1 Å². The first-order chi connectivity index (χ1) is 14.8. The molecule has 0 saturated carbocycles. The minimum atomic E-state index is -0.134. The molecule has 1 fully saturated rings. The van der Waals surface area contributed by atoms with E-state index in [2.05, 4.69) is 55.1 Å². The van der Waals surface area contributed by atoms with E-state index in [1.165, 1.54) is 11.1 Å². The van der Waals surface area contributed by atoms with Gasteiger partial charge in [0.05, 0.1) is 18.8 Å². The minimum absolute atomic E-state index is 0. The lowest BCUT2D eigenvalue weighted by Gasteiger charge is -2.27. The molecule has 1 saturated heterocycles. The molecular formula is C22H31IN6O2. The van der Waals surface area contributed by atoms with Crippen LogP contribution in [0, 0.1) is 0 Å². The van der Waals surface area contributed by atoms with Crippen molar-refractivity contribution in [1.29, 1.82) is 0 Å². The first kappa shape index (κ1) is 25.0. The lowest BCUT2D eigenvalue weighted by Crippen LogP contribution is -2.41. The molecule has 9 heteroatoms. The van der Waals surface area contributed by atoms with E-state index in [1.807, 2.05) is 0 Å². The Bertz CT molecular complexity index is 828. The van der Waals surface area contributed by atoms with Gasteiger partial charge < -0.3 is 20.7 Å². The lowest BCUT2D eigenvalue weighted by molar-refractivity contribution is 0.0341. The Morgan fingerprint density at radius 1 is 1.06 bits per heavy atom. The van der Waals surface area contributed by atoms with Gasteiger partial charge in [-0.25, -0.2) is 0 Å². The highest BCUT2D eigenvalue weighted by molar-refractivity contribution is 14.0. The number of aliphatic imine (C=N–C) groups is 1. The van der Waals surface area contributed by atoms with Crippen LogP contribution in [0.3, 0.4) is 0 Å². The van der Waals surface area contributed by atoms with Gasteiger partial charge in [-0.15, -0.1) is 24.0 Å². The third-order valence-electron chi connectivity index (χ3n) is 4.91. The predicted molar refractivity (Wildman–Crippen MR) is 133 cm³/mol. The zero-order chi connectivity index (χ0) is 21.0. The Labute approximate surface area is 200 Å². The standard InChI is InChI=1S/C22H30N6O2.HI/c1-23-22(26-10-9-25-21(29)19-7-4-8-24-15-19)27-16-18-5-2-3-6-20(18)17-28-11-13-30-14-12-28;/h2-8,15H,9-14,16-17H2,1H3,(H,25,29)(H2,23,26,27);1H. The Morgan fingerprint density at radius 3 is 2.52 bits per heavy atom. The van der Waals surface area contributed by atoms with Gasteiger partial charge in [0.2, 0.25) is 0 Å². The molecule has 1 aromatic heterocycles. The summed E-state index contributed by atoms with van der Waals surface area (Å²) in [5, 5.41) is 9.45. The summed E-state index contributed by atoms with van der Waals surface area (Å²) in [5.41, 5.74) is 3.11. The van der Waals surface area contributed by atoms with Gasteiger partial charge in [-0.1, -0.05) is 24.3 Å². The van der Waals surface area contributed by atoms with E-state index in [0.29, 0.717) is 31.2 Å². The highest BCUT2D eigenvalue weighted by atomic mass is 127. The number of benzene rings is 1. The van der Waals surface area contributed by atoms with E-state index in [0.717, 1.165) is 32.8 Å². The van der Waals surface area contributed by atoms with E-state index in [-0.39, 0.29) is 29.9 Å². The molecule has 0 atom stereocenters. The van der Waals surface area contributed by atoms with Gasteiger partial charge in [0.1, 0.15) is 0 Å². The number of pyridine rings is 1. The number of hydrogen-bond donors (Lipinski definition) is 3. The second-order valence-corrected chi connectivity index (χ2v) is 7.01. The van der Waals surface area contributed by atoms with E-state index in [1.54, 1.807) is 31.6 Å². The molecule has 0 unspecified atom stereocenters. The van der Waals surface area contributed by atoms with Crippen LogP contribution in [0.4, 0.5) is 0 Å². The smallest absolute Gasteiger partial charge is 0.252 e. The zero-order valence-corrected chi connectivity index (χ0v) is 20.2. The topological polar surface area (TPSA) is 90.9 Å². The average molecular weight is 538 g/mol. The molecule has 0 spiro atoms. The van der Waals surface area contributed by atoms with Crippen LogP contribution >= 0.6 is 24.0 Å². The molecule has 2 heterocycles. The van der Waals surface area contributed by atoms with Crippen molar-refractivity contribution < 1.29 is 9.53 Å². The van der Waals surface area contributed by atoms with Gasteiger partial charge in [0.15, 0.2) is 5.96 Å². The molecule has 1 amide bonds. The van der Waals surface area contributed by atoms with Crippen molar-refractivity contribution in [1.82, 2.24) is 25.8 Å². The van der Waals surface area contributed by atoms with E-state index in [4.69, 9.17) is 4.74 Å². The molecule has 168 valence electrons. The van der Waals surface area contributed by atoms with Gasteiger partial charge in [-0.2, -0.15) is 0 Å². The van der Waals surface area contributed by atoms with Gasteiger partial charge in [0.25, 0.3) is 5.91 Å². The fourth-order valence-electron chi connectivity index (χ4n) is 3.24. The SMILES string of the molecule is CN=C(NCCNC(=O)c1cccnc1)NCc1ccccc1CN1CCOCC1.I. The first-order valence-electron chi connectivity index (χ1n) is 10.3. The van der Waals surface area contributed by atoms with Crippen molar-refractivity contribution in [2.24, 2.45) is 4.99 Å². The molecule has 31 heavy (non-hydrogen) atoms. The van der Waals surface area contributed by atoms with Crippen molar-refractivity contribution in [2.75, 3.05) is 46.4 Å². The largest absolute Gasteiger partial charge is 0.379 e. The Hall–Kier alpha value is -2.24. The monoisotopic (exact) mass is 538 g/mol. The minimum Gasteiger partial charge on any atom is -0.379 e. The number of ether oxygens (including phenoxy) is 1. The van der Waals surface area contributed by atoms with Crippen LogP contribution in [-0.2, 0) is 17.8 Å². The fourth-order valence-corrected chi connectivity index (χ4v) is 3.24. The van der Waals surface area contributed by atoms with Crippen LogP contribution < -0.4 is 16.0 Å². The van der Waals surface area contributed by atoms with Gasteiger partial charge >= 0.3 is 0 Å². The molecule has 0 radical (unpaired) electrons. The third kappa shape index (κ3) is 8.42. The molecule has 2 aromatic rings. The van der Waals surface area contributed by atoms with Crippen LogP contribution in [0.25, 0.3) is 0 Å². The van der Waals surface area contributed by atoms with Crippen molar-refractivity contribution in [3.05, 3.63) is 65.5 Å². The van der Waals surface area contributed by atoms with Crippen LogP contribution in [0.15, 0.2) is 53.8 Å². The summed E-state index contributed by atoms with van der Waals surface area (Å²) >= 11 is 0. The normalized spacial score (nSPS) is 14.4. The number of aromatic nitrogens is 1. The summed E-state index contributed by atoms with van der Waals surface area (Å²) in [6.07, 6.45) is 3.20. The number of hydrogen-bond acceptors (Lipinski definition) is 5. The van der Waals surface area contributed by atoms with Crippen molar-refractivity contribution >= 4 is 35.8 Å². The van der Waals surface area contributed by atoms with Crippen LogP contribution in [0.5, 0.6) is 0 Å². The van der Waals surface area contributed by atoms with Crippen LogP contribution in [-0.4, -0.2) is 68.2 Å². The van der Waals surface area contributed by atoms with Crippen LogP contribution in [0.2, 0.25) is 0 Å². The van der Waals surface area contributed by atoms with E-state index < -0.39 is 0 Å². The maximum Gasteiger partial charge on any atom is 0.252 e. The molecular weight excluding hydrogens is 507 g/mol. The highest BCUT2D eigenvalue weighted by Crippen LogP contribution is 2.13. The maximum absolute atomic E-state index is 12.0. The Kier molecular flexibility index (Phi) is 11.3. The molecule has 0 bridgehead atoms. The number of nitrogens with zero attached hydrogens (tertiary/aromatic N) is 3. The second-order valence-electron chi connectivity index (χ2n) is 7.01. The summed E-state index contributed by atoms with van der Waals surface area (Å²) in [5.74, 6) is 0.566. The maximum atomic E-state index is 12.0. The average Bonchev–Trinajstić information content (AvgIpc) is 2.80. The molecule has 1 aromatic carbocycles. The Balaban J connectivity index is 0.00000341. The number of guanidine groups is 1. The summed E-state index contributed by atoms with van der Waals surface area (Å²) in [6, 6.07) is 11.9. The summed E-state index contributed by atoms with van der Waals surface area (Å²) in [4.78, 5) is 22.7. The van der Waals surface area contributed by atoms with Gasteiger partial charge in [-0.3, -0.25) is 19.7 Å². The quantitative estimate of drug-likeness (QED) is 0.205. The number of amides is 1. The number of halogens is 1. The molecule has 8 nitrogen and oxygen atoms in total. The molecule has 3 rings (SSSR count). The highest BCUT2D eigenvalue weighted by Gasteiger charge is 2.12. The molecule has 0 aliphatic carbocycles. The number of carbonyl (C=O) groups excluding carboxylic acids is 1. The summed E-state index contributed by atoms with van der Waals surface area (Å²) in [6.45, 7) is 6.20. The lowest BCUT2D eigenvalue weighted by atomic mass is 10.1. The van der Waals surface area contributed by atoms with Gasteiger partial charge in [0, 0.05) is 58.7 Å².